The lowest BCUT2D eigenvalue weighted by atomic mass is 10.0. The quantitative estimate of drug-likeness (QED) is 0.613. The van der Waals surface area contributed by atoms with Crippen molar-refractivity contribution in [3.63, 3.8) is 0 Å². The number of sulfone groups is 1. The number of cyclic esters (lactones) is 1. The Morgan fingerprint density at radius 3 is 2.56 bits per heavy atom. The van der Waals surface area contributed by atoms with Crippen LogP contribution < -0.4 is 10.2 Å². The molecule has 7 nitrogen and oxygen atoms in total. The van der Waals surface area contributed by atoms with Crippen LogP contribution in [0.2, 0.25) is 0 Å². The summed E-state index contributed by atoms with van der Waals surface area (Å²) in [6.07, 6.45) is -1.18. The summed E-state index contributed by atoms with van der Waals surface area (Å²) >= 11 is 0. The first kappa shape index (κ1) is 23.6. The molecule has 0 aromatic heterocycles. The van der Waals surface area contributed by atoms with Gasteiger partial charge in [-0.15, -0.1) is 0 Å². The number of halogens is 2. The third kappa shape index (κ3) is 6.03. The molecular weight excluding hydrogens is 442 g/mol. The van der Waals surface area contributed by atoms with Crippen LogP contribution in [0.1, 0.15) is 18.9 Å². The van der Waals surface area contributed by atoms with Gasteiger partial charge in [-0.3, -0.25) is 14.1 Å². The van der Waals surface area contributed by atoms with E-state index in [0.29, 0.717) is 22.4 Å². The number of carbonyl (C=O) groups excluding carboxylic acids is 2. The van der Waals surface area contributed by atoms with Crippen LogP contribution in [0.25, 0.3) is 11.1 Å². The lowest BCUT2D eigenvalue weighted by Crippen LogP contribution is -2.33. The van der Waals surface area contributed by atoms with Gasteiger partial charge in [-0.1, -0.05) is 24.3 Å². The minimum absolute atomic E-state index is 0.0312. The van der Waals surface area contributed by atoms with Crippen molar-refractivity contribution in [3.8, 4) is 11.1 Å². The van der Waals surface area contributed by atoms with E-state index in [1.807, 2.05) is 0 Å². The predicted molar refractivity (Wildman–Crippen MR) is 116 cm³/mol. The van der Waals surface area contributed by atoms with Gasteiger partial charge in [-0.05, 0) is 35.7 Å². The minimum Gasteiger partial charge on any atom is -0.442 e. The molecule has 0 radical (unpaired) electrons. The number of amides is 2. The Morgan fingerprint density at radius 2 is 1.94 bits per heavy atom. The largest absolute Gasteiger partial charge is 0.442 e. The van der Waals surface area contributed by atoms with Crippen molar-refractivity contribution in [1.82, 2.24) is 5.32 Å². The van der Waals surface area contributed by atoms with Gasteiger partial charge >= 0.3 is 6.09 Å². The Hall–Kier alpha value is -3.01. The normalized spacial score (nSPS) is 16.2. The fourth-order valence-corrected chi connectivity index (χ4v) is 4.78. The second-order valence-corrected chi connectivity index (χ2v) is 9.73. The van der Waals surface area contributed by atoms with E-state index in [2.05, 4.69) is 5.32 Å². The Morgan fingerprint density at radius 1 is 1.22 bits per heavy atom. The van der Waals surface area contributed by atoms with Crippen molar-refractivity contribution in [1.29, 1.82) is 0 Å². The molecule has 2 aromatic carbocycles. The number of nitrogens with zero attached hydrogens (tertiary/aromatic N) is 1. The number of hydrogen-bond acceptors (Lipinski definition) is 5. The van der Waals surface area contributed by atoms with Gasteiger partial charge in [0.15, 0.2) is 9.84 Å². The number of benzene rings is 2. The van der Waals surface area contributed by atoms with E-state index in [1.165, 1.54) is 24.0 Å². The second-order valence-electron chi connectivity index (χ2n) is 7.55. The lowest BCUT2D eigenvalue weighted by Gasteiger charge is -2.15. The molecule has 1 aliphatic heterocycles. The van der Waals surface area contributed by atoms with Crippen LogP contribution in [0, 0.1) is 5.82 Å². The van der Waals surface area contributed by atoms with Gasteiger partial charge in [0.2, 0.25) is 5.91 Å². The van der Waals surface area contributed by atoms with E-state index < -0.39 is 34.5 Å². The van der Waals surface area contributed by atoms with E-state index in [0.717, 1.165) is 0 Å². The summed E-state index contributed by atoms with van der Waals surface area (Å²) in [5, 5.41) is 2.58. The summed E-state index contributed by atoms with van der Waals surface area (Å²) in [6, 6.07) is 10.8. The molecule has 1 saturated heterocycles. The molecule has 1 heterocycles. The number of ether oxygens (including phenoxy) is 1. The first-order valence-corrected chi connectivity index (χ1v) is 11.9. The first-order valence-electron chi connectivity index (χ1n) is 10.1. The highest BCUT2D eigenvalue weighted by molar-refractivity contribution is 7.90. The maximum atomic E-state index is 14.8. The lowest BCUT2D eigenvalue weighted by molar-refractivity contribution is -0.119. The van der Waals surface area contributed by atoms with Gasteiger partial charge in [0.05, 0.1) is 37.0 Å². The van der Waals surface area contributed by atoms with Gasteiger partial charge in [0.25, 0.3) is 0 Å². The van der Waals surface area contributed by atoms with Crippen molar-refractivity contribution in [2.24, 2.45) is 0 Å². The second kappa shape index (κ2) is 10.1. The zero-order valence-corrected chi connectivity index (χ0v) is 18.3. The predicted octanol–water partition coefficient (Wildman–Crippen LogP) is 3.23. The van der Waals surface area contributed by atoms with Crippen molar-refractivity contribution < 1.29 is 31.5 Å². The molecule has 0 saturated carbocycles. The third-order valence-corrected chi connectivity index (χ3v) is 6.64. The summed E-state index contributed by atoms with van der Waals surface area (Å²) in [7, 11) is -3.40. The van der Waals surface area contributed by atoms with Crippen LogP contribution in [0.15, 0.2) is 42.5 Å². The van der Waals surface area contributed by atoms with E-state index in [9.17, 15) is 26.8 Å². The molecule has 3 rings (SSSR count). The van der Waals surface area contributed by atoms with E-state index in [1.54, 1.807) is 30.3 Å². The Balaban J connectivity index is 1.70. The van der Waals surface area contributed by atoms with E-state index in [4.69, 9.17) is 4.74 Å². The van der Waals surface area contributed by atoms with Crippen LogP contribution in [0.5, 0.6) is 0 Å². The van der Waals surface area contributed by atoms with Gasteiger partial charge in [-0.2, -0.15) is 0 Å². The molecule has 1 aliphatic rings. The molecule has 1 N–H and O–H groups in total. The van der Waals surface area contributed by atoms with Crippen molar-refractivity contribution in [2.45, 2.75) is 25.2 Å². The fourth-order valence-electron chi connectivity index (χ4n) is 3.38. The maximum absolute atomic E-state index is 14.8. The number of rotatable bonds is 9. The van der Waals surface area contributed by atoms with Crippen molar-refractivity contribution in [3.05, 3.63) is 53.8 Å². The monoisotopic (exact) mass is 466 g/mol. The van der Waals surface area contributed by atoms with Crippen LogP contribution in [0.4, 0.5) is 19.3 Å². The number of carbonyl (C=O) groups is 2. The SMILES string of the molecule is CC(=O)NCC1CN(c2ccc(-c3ccc(CS(=O)(=O)CCCF)cc3)c(F)c2)C(=O)O1. The van der Waals surface area contributed by atoms with E-state index >= 15 is 0 Å². The van der Waals surface area contributed by atoms with Gasteiger partial charge in [-0.25, -0.2) is 17.6 Å². The molecule has 1 atom stereocenters. The Bertz CT molecular complexity index is 1090. The van der Waals surface area contributed by atoms with Gasteiger partial charge in [0, 0.05) is 12.5 Å². The molecule has 0 aliphatic carbocycles. The number of anilines is 1. The molecule has 10 heteroatoms. The third-order valence-electron chi connectivity index (χ3n) is 4.96. The summed E-state index contributed by atoms with van der Waals surface area (Å²) in [6.45, 7) is 1.04. The Labute approximate surface area is 185 Å². The summed E-state index contributed by atoms with van der Waals surface area (Å²) in [5.41, 5.74) is 1.71. The average Bonchev–Trinajstić information content (AvgIpc) is 3.12. The van der Waals surface area contributed by atoms with Gasteiger partial charge < -0.3 is 10.1 Å². The van der Waals surface area contributed by atoms with Crippen molar-refractivity contribution >= 4 is 27.5 Å². The smallest absolute Gasteiger partial charge is 0.414 e. The molecule has 172 valence electrons. The van der Waals surface area contributed by atoms with Crippen LogP contribution in [-0.4, -0.2) is 52.0 Å². The molecule has 2 aromatic rings. The average molecular weight is 467 g/mol. The molecule has 2 amide bonds. The molecule has 0 bridgehead atoms. The molecule has 32 heavy (non-hydrogen) atoms. The first-order chi connectivity index (χ1) is 15.2. The molecule has 1 fully saturated rings. The molecule has 1 unspecified atom stereocenters. The fraction of sp³-hybridized carbons (Fsp3) is 0.364. The molecule has 0 spiro atoms. The standard InChI is InChI=1S/C22H24F2N2O5S/c1-15(27)25-12-19-13-26(22(28)31-19)18-7-8-20(21(24)11-18)17-5-3-16(4-6-17)14-32(29,30)10-2-9-23/h3-8,11,19H,2,9-10,12-14H2,1H3,(H,25,27). The number of hydrogen-bond donors (Lipinski definition) is 1. The highest BCUT2D eigenvalue weighted by Crippen LogP contribution is 2.29. The minimum atomic E-state index is -3.40. The summed E-state index contributed by atoms with van der Waals surface area (Å²) in [4.78, 5) is 24.4. The highest BCUT2D eigenvalue weighted by Gasteiger charge is 2.32. The maximum Gasteiger partial charge on any atom is 0.414 e. The molecular formula is C22H24F2N2O5S. The number of alkyl halides is 1. The van der Waals surface area contributed by atoms with Crippen LogP contribution in [0.3, 0.4) is 0 Å². The van der Waals surface area contributed by atoms with E-state index in [-0.39, 0.29) is 36.9 Å². The van der Waals surface area contributed by atoms with Crippen LogP contribution in [-0.2, 0) is 25.1 Å². The topological polar surface area (TPSA) is 92.8 Å². The number of nitrogens with one attached hydrogen (secondary N) is 1. The van der Waals surface area contributed by atoms with Gasteiger partial charge in [0.1, 0.15) is 11.9 Å². The summed E-state index contributed by atoms with van der Waals surface area (Å²) in [5.74, 6) is -1.21. The van der Waals surface area contributed by atoms with Crippen LogP contribution >= 0.6 is 0 Å². The Kier molecular flexibility index (Phi) is 7.44. The highest BCUT2D eigenvalue weighted by atomic mass is 32.2. The summed E-state index contributed by atoms with van der Waals surface area (Å²) < 4.78 is 56.2. The zero-order valence-electron chi connectivity index (χ0n) is 17.5. The zero-order chi connectivity index (χ0) is 23.3. The van der Waals surface area contributed by atoms with Crippen molar-refractivity contribution in [2.75, 3.05) is 30.4 Å².